The van der Waals surface area contributed by atoms with Crippen LogP contribution in [0.15, 0.2) is 4.99 Å². The summed E-state index contributed by atoms with van der Waals surface area (Å²) in [4.78, 5) is 6.71. The highest BCUT2D eigenvalue weighted by atomic mass is 15.2. The minimum Gasteiger partial charge on any atom is -0.355 e. The van der Waals surface area contributed by atoms with Gasteiger partial charge in [0.25, 0.3) is 0 Å². The third kappa shape index (κ3) is 4.94. The average Bonchev–Trinajstić information content (AvgIpc) is 3.16. The van der Waals surface area contributed by atoms with Crippen molar-refractivity contribution in [1.29, 1.82) is 0 Å². The zero-order valence-electron chi connectivity index (χ0n) is 12.0. The molecule has 0 spiro atoms. The van der Waals surface area contributed by atoms with Crippen molar-refractivity contribution in [3.63, 3.8) is 0 Å². The van der Waals surface area contributed by atoms with E-state index >= 15 is 0 Å². The zero-order valence-corrected chi connectivity index (χ0v) is 12.0. The maximum absolute atomic E-state index is 4.24. The molecule has 2 unspecified atom stereocenters. The van der Waals surface area contributed by atoms with E-state index in [-0.39, 0.29) is 0 Å². The standard InChI is InChI=1S/C13H28N4/c1-6-10(2)16-13(14-4)15-9-11(3)17(5)12-7-8-12/h10-12H,6-9H2,1-5H3,(H2,14,15,16). The van der Waals surface area contributed by atoms with Gasteiger partial charge in [0.05, 0.1) is 0 Å². The molecule has 1 rings (SSSR count). The number of rotatable bonds is 6. The molecule has 0 heterocycles. The van der Waals surface area contributed by atoms with Crippen LogP contribution in [0.5, 0.6) is 0 Å². The van der Waals surface area contributed by atoms with Crippen molar-refractivity contribution >= 4 is 5.96 Å². The van der Waals surface area contributed by atoms with Gasteiger partial charge in [0.1, 0.15) is 0 Å². The van der Waals surface area contributed by atoms with Crippen LogP contribution in [0.3, 0.4) is 0 Å². The van der Waals surface area contributed by atoms with Crippen molar-refractivity contribution in [2.24, 2.45) is 4.99 Å². The van der Waals surface area contributed by atoms with E-state index in [4.69, 9.17) is 0 Å². The molecule has 17 heavy (non-hydrogen) atoms. The van der Waals surface area contributed by atoms with Gasteiger partial charge >= 0.3 is 0 Å². The van der Waals surface area contributed by atoms with Gasteiger partial charge in [0, 0.05) is 31.7 Å². The Balaban J connectivity index is 2.26. The fourth-order valence-electron chi connectivity index (χ4n) is 1.76. The van der Waals surface area contributed by atoms with Gasteiger partial charge in [0.2, 0.25) is 0 Å². The molecule has 1 aliphatic carbocycles. The number of aliphatic imine (C=N–C) groups is 1. The molecule has 1 aliphatic rings. The predicted octanol–water partition coefficient (Wildman–Crippen LogP) is 1.43. The molecule has 0 saturated heterocycles. The van der Waals surface area contributed by atoms with Crippen molar-refractivity contribution in [2.75, 3.05) is 20.6 Å². The van der Waals surface area contributed by atoms with E-state index in [1.807, 2.05) is 7.05 Å². The first-order valence-corrected chi connectivity index (χ1v) is 6.77. The zero-order chi connectivity index (χ0) is 12.8. The monoisotopic (exact) mass is 240 g/mol. The molecule has 1 saturated carbocycles. The van der Waals surface area contributed by atoms with Crippen LogP contribution in [-0.4, -0.2) is 49.6 Å². The molecule has 0 aromatic heterocycles. The second-order valence-corrected chi connectivity index (χ2v) is 5.15. The van der Waals surface area contributed by atoms with Crippen LogP contribution >= 0.6 is 0 Å². The smallest absolute Gasteiger partial charge is 0.191 e. The molecular formula is C13H28N4. The summed E-state index contributed by atoms with van der Waals surface area (Å²) < 4.78 is 0. The summed E-state index contributed by atoms with van der Waals surface area (Å²) in [7, 11) is 4.04. The predicted molar refractivity (Wildman–Crippen MR) is 74.5 cm³/mol. The number of hydrogen-bond donors (Lipinski definition) is 2. The SMILES string of the molecule is CCC(C)NC(=NC)NCC(C)N(C)C1CC1. The van der Waals surface area contributed by atoms with Crippen LogP contribution < -0.4 is 10.6 Å². The molecule has 2 atom stereocenters. The summed E-state index contributed by atoms with van der Waals surface area (Å²) in [6, 6.07) is 1.84. The van der Waals surface area contributed by atoms with Crippen molar-refractivity contribution < 1.29 is 0 Å². The lowest BCUT2D eigenvalue weighted by Gasteiger charge is -2.26. The molecule has 0 aromatic rings. The van der Waals surface area contributed by atoms with E-state index in [9.17, 15) is 0 Å². The number of nitrogens with one attached hydrogen (secondary N) is 2. The largest absolute Gasteiger partial charge is 0.355 e. The van der Waals surface area contributed by atoms with E-state index in [2.05, 4.69) is 48.3 Å². The first kappa shape index (κ1) is 14.3. The molecule has 4 nitrogen and oxygen atoms in total. The lowest BCUT2D eigenvalue weighted by molar-refractivity contribution is 0.247. The lowest BCUT2D eigenvalue weighted by Crippen LogP contribution is -2.47. The van der Waals surface area contributed by atoms with Gasteiger partial charge in [0.15, 0.2) is 5.96 Å². The summed E-state index contributed by atoms with van der Waals surface area (Å²) in [5.41, 5.74) is 0. The number of guanidine groups is 1. The third-order valence-electron chi connectivity index (χ3n) is 3.60. The fourth-order valence-corrected chi connectivity index (χ4v) is 1.76. The highest BCUT2D eigenvalue weighted by molar-refractivity contribution is 5.79. The number of hydrogen-bond acceptors (Lipinski definition) is 2. The van der Waals surface area contributed by atoms with Crippen LogP contribution in [0.1, 0.15) is 40.0 Å². The molecule has 2 N–H and O–H groups in total. The van der Waals surface area contributed by atoms with Crippen molar-refractivity contribution in [2.45, 2.75) is 58.2 Å². The minimum atomic E-state index is 0.470. The number of likely N-dealkylation sites (N-methyl/N-ethyl adjacent to an activating group) is 1. The Hall–Kier alpha value is -0.770. The van der Waals surface area contributed by atoms with Gasteiger partial charge in [-0.05, 0) is 40.2 Å². The van der Waals surface area contributed by atoms with Crippen LogP contribution in [0.25, 0.3) is 0 Å². The van der Waals surface area contributed by atoms with Gasteiger partial charge in [-0.1, -0.05) is 6.92 Å². The Labute approximate surface area is 106 Å². The van der Waals surface area contributed by atoms with Gasteiger partial charge in [-0.2, -0.15) is 0 Å². The van der Waals surface area contributed by atoms with E-state index in [1.54, 1.807) is 0 Å². The third-order valence-corrected chi connectivity index (χ3v) is 3.60. The van der Waals surface area contributed by atoms with Gasteiger partial charge < -0.3 is 10.6 Å². The highest BCUT2D eigenvalue weighted by Crippen LogP contribution is 2.26. The van der Waals surface area contributed by atoms with Crippen LogP contribution in [0.4, 0.5) is 0 Å². The Kier molecular flexibility index (Phi) is 5.75. The normalized spacial score (nSPS) is 20.2. The number of nitrogens with zero attached hydrogens (tertiary/aromatic N) is 2. The quantitative estimate of drug-likeness (QED) is 0.545. The van der Waals surface area contributed by atoms with E-state index in [0.717, 1.165) is 25.0 Å². The highest BCUT2D eigenvalue weighted by Gasteiger charge is 2.28. The van der Waals surface area contributed by atoms with Crippen LogP contribution in [0, 0.1) is 0 Å². The van der Waals surface area contributed by atoms with Gasteiger partial charge in [-0.25, -0.2) is 0 Å². The first-order valence-electron chi connectivity index (χ1n) is 6.77. The summed E-state index contributed by atoms with van der Waals surface area (Å²) in [5.74, 6) is 0.912. The van der Waals surface area contributed by atoms with Crippen LogP contribution in [0.2, 0.25) is 0 Å². The van der Waals surface area contributed by atoms with E-state index in [0.29, 0.717) is 12.1 Å². The topological polar surface area (TPSA) is 39.7 Å². The molecule has 100 valence electrons. The van der Waals surface area contributed by atoms with Gasteiger partial charge in [-0.15, -0.1) is 0 Å². The summed E-state index contributed by atoms with van der Waals surface area (Å²) in [5, 5.41) is 6.77. The Morgan fingerprint density at radius 1 is 1.41 bits per heavy atom. The second-order valence-electron chi connectivity index (χ2n) is 5.15. The average molecular weight is 240 g/mol. The van der Waals surface area contributed by atoms with Gasteiger partial charge in [-0.3, -0.25) is 9.89 Å². The molecule has 1 fully saturated rings. The summed E-state index contributed by atoms with van der Waals surface area (Å²) >= 11 is 0. The lowest BCUT2D eigenvalue weighted by atomic mass is 10.2. The summed E-state index contributed by atoms with van der Waals surface area (Å²) in [6.07, 6.45) is 3.83. The Morgan fingerprint density at radius 3 is 2.53 bits per heavy atom. The minimum absolute atomic E-state index is 0.470. The summed E-state index contributed by atoms with van der Waals surface area (Å²) in [6.45, 7) is 7.56. The molecule has 0 radical (unpaired) electrons. The molecule has 0 amide bonds. The van der Waals surface area contributed by atoms with Crippen molar-refractivity contribution in [3.8, 4) is 0 Å². The first-order chi connectivity index (χ1) is 8.08. The van der Waals surface area contributed by atoms with E-state index < -0.39 is 0 Å². The van der Waals surface area contributed by atoms with Crippen molar-refractivity contribution in [3.05, 3.63) is 0 Å². The van der Waals surface area contributed by atoms with Crippen LogP contribution in [-0.2, 0) is 0 Å². The maximum Gasteiger partial charge on any atom is 0.191 e. The Bertz CT molecular complexity index is 248. The second kappa shape index (κ2) is 6.84. The molecule has 0 aliphatic heterocycles. The molecular weight excluding hydrogens is 212 g/mol. The Morgan fingerprint density at radius 2 is 2.06 bits per heavy atom. The fraction of sp³-hybridized carbons (Fsp3) is 0.923. The molecule has 4 heteroatoms. The van der Waals surface area contributed by atoms with Crippen molar-refractivity contribution in [1.82, 2.24) is 15.5 Å². The maximum atomic E-state index is 4.24. The van der Waals surface area contributed by atoms with E-state index in [1.165, 1.54) is 12.8 Å². The molecule has 0 bridgehead atoms. The molecule has 0 aromatic carbocycles.